The van der Waals surface area contributed by atoms with Gasteiger partial charge >= 0.3 is 0 Å². The molecule has 0 aromatic carbocycles. The van der Waals surface area contributed by atoms with Crippen LogP contribution in [-0.4, -0.2) is 35.5 Å². The van der Waals surface area contributed by atoms with Gasteiger partial charge in [-0.1, -0.05) is 38.9 Å². The molecule has 0 aromatic heterocycles. The summed E-state index contributed by atoms with van der Waals surface area (Å²) in [5, 5.41) is 0. The molecule has 0 saturated heterocycles. The quantitative estimate of drug-likeness (QED) is 0.594. The maximum Gasteiger partial charge on any atom is 0.0863 e. The van der Waals surface area contributed by atoms with Crippen molar-refractivity contribution < 1.29 is 0 Å². The summed E-state index contributed by atoms with van der Waals surface area (Å²) in [6.45, 7) is 7.20. The molecule has 0 aliphatic carbocycles. The zero-order valence-electron chi connectivity index (χ0n) is 8.78. The summed E-state index contributed by atoms with van der Waals surface area (Å²) in [6, 6.07) is 4.51. The molecule has 0 aromatic rings. The summed E-state index contributed by atoms with van der Waals surface area (Å²) in [4.78, 5) is 0. The van der Waals surface area contributed by atoms with Crippen molar-refractivity contribution in [2.45, 2.75) is 38.9 Å². The van der Waals surface area contributed by atoms with E-state index in [0.29, 0.717) is 0 Å². The highest BCUT2D eigenvalue weighted by molar-refractivity contribution is 7.23. The monoisotopic (exact) mass is 189 g/mol. The van der Waals surface area contributed by atoms with Crippen molar-refractivity contribution in [2.24, 2.45) is 0 Å². The summed E-state index contributed by atoms with van der Waals surface area (Å²) in [5.74, 6) is 0. The molecule has 0 aliphatic heterocycles. The van der Waals surface area contributed by atoms with E-state index >= 15 is 0 Å². The van der Waals surface area contributed by atoms with Gasteiger partial charge in [0, 0.05) is 0 Å². The lowest BCUT2D eigenvalue weighted by molar-refractivity contribution is 0.670. The van der Waals surface area contributed by atoms with Crippen molar-refractivity contribution >= 4 is 16.8 Å². The van der Waals surface area contributed by atoms with E-state index in [1.165, 1.54) is 18.1 Å². The molecule has 0 fully saturated rings. The second-order valence-electron chi connectivity index (χ2n) is 3.80. The maximum absolute atomic E-state index is 2.50. The van der Waals surface area contributed by atoms with Gasteiger partial charge in [0.15, 0.2) is 0 Å². The molecular weight excluding hydrogens is 166 g/mol. The molecule has 11 heavy (non-hydrogen) atoms. The van der Waals surface area contributed by atoms with Gasteiger partial charge < -0.3 is 4.57 Å². The summed E-state index contributed by atoms with van der Waals surface area (Å²) < 4.78 is 2.50. The third-order valence-electron chi connectivity index (χ3n) is 2.90. The molecule has 0 rings (SSSR count). The first-order chi connectivity index (χ1) is 5.10. The Labute approximate surface area is 74.9 Å². The van der Waals surface area contributed by atoms with E-state index in [-0.39, 0.29) is 9.20 Å². The molecule has 68 valence electrons. The van der Waals surface area contributed by atoms with Gasteiger partial charge in [0.05, 0.1) is 16.8 Å². The molecule has 3 heteroatoms. The van der Waals surface area contributed by atoms with Gasteiger partial charge in [-0.05, 0) is 14.1 Å². The third-order valence-corrected chi connectivity index (χ3v) is 17.1. The van der Waals surface area contributed by atoms with Gasteiger partial charge in [-0.25, -0.2) is 0 Å². The molecule has 0 spiro atoms. The van der Waals surface area contributed by atoms with Crippen LogP contribution in [0.3, 0.4) is 0 Å². The molecule has 0 amide bonds. The smallest absolute Gasteiger partial charge is 0.0863 e. The lowest BCUT2D eigenvalue weighted by atomic mass is 10.9. The molecule has 0 atom stereocenters. The van der Waals surface area contributed by atoms with Crippen LogP contribution in [0.25, 0.3) is 0 Å². The lowest BCUT2D eigenvalue weighted by Crippen LogP contribution is -2.46. The molecule has 0 N–H and O–H groups in total. The zero-order chi connectivity index (χ0) is 8.91. The highest BCUT2D eigenvalue weighted by Crippen LogP contribution is 2.18. The van der Waals surface area contributed by atoms with E-state index in [1.807, 2.05) is 0 Å². The normalized spacial score (nSPS) is 13.6. The fourth-order valence-electron chi connectivity index (χ4n) is 1.76. The Bertz CT molecular complexity index is 92.0. The highest BCUT2D eigenvalue weighted by atomic mass is 29.2. The Hall–Kier alpha value is 0.394. The molecule has 0 radical (unpaired) electrons. The molecule has 0 heterocycles. The standard InChI is InChI=1S/C8H23NSi2/c1-6-11(7-2,8-3)10-9(4)5/h6-8,10H2,1-5H3. The largest absolute Gasteiger partial charge is 0.337 e. The fourth-order valence-corrected chi connectivity index (χ4v) is 11.3. The minimum absolute atomic E-state index is 0.125. The van der Waals surface area contributed by atoms with Crippen LogP contribution in [0.15, 0.2) is 0 Å². The Morgan fingerprint density at radius 3 is 1.45 bits per heavy atom. The minimum Gasteiger partial charge on any atom is -0.337 e. The maximum atomic E-state index is 2.50. The molecule has 0 saturated carbocycles. The number of nitrogens with zero attached hydrogens (tertiary/aromatic N) is 1. The number of rotatable bonds is 5. The van der Waals surface area contributed by atoms with Gasteiger partial charge in [-0.2, -0.15) is 0 Å². The van der Waals surface area contributed by atoms with E-state index < -0.39 is 7.59 Å². The van der Waals surface area contributed by atoms with E-state index in [2.05, 4.69) is 39.4 Å². The van der Waals surface area contributed by atoms with Crippen molar-refractivity contribution in [3.63, 3.8) is 0 Å². The van der Waals surface area contributed by atoms with Crippen LogP contribution in [0.4, 0.5) is 0 Å². The fraction of sp³-hybridized carbons (Fsp3) is 1.00. The first-order valence-electron chi connectivity index (χ1n) is 4.75. The summed E-state index contributed by atoms with van der Waals surface area (Å²) in [6.07, 6.45) is 0. The molecule has 0 unspecified atom stereocenters. The molecular formula is C8H23NSi2. The lowest BCUT2D eigenvalue weighted by Gasteiger charge is -2.30. The van der Waals surface area contributed by atoms with Crippen LogP contribution >= 0.6 is 0 Å². The molecule has 1 nitrogen and oxygen atoms in total. The average Bonchev–Trinajstić information content (AvgIpc) is 2.00. The summed E-state index contributed by atoms with van der Waals surface area (Å²) >= 11 is 0. The second-order valence-corrected chi connectivity index (χ2v) is 15.9. The van der Waals surface area contributed by atoms with Gasteiger partial charge in [0.2, 0.25) is 0 Å². The Balaban J connectivity index is 4.05. The van der Waals surface area contributed by atoms with E-state index in [9.17, 15) is 0 Å². The van der Waals surface area contributed by atoms with Gasteiger partial charge in [0.25, 0.3) is 0 Å². The van der Waals surface area contributed by atoms with E-state index in [4.69, 9.17) is 0 Å². The number of hydrogen-bond donors (Lipinski definition) is 0. The Morgan fingerprint density at radius 2 is 1.36 bits per heavy atom. The molecule has 0 bridgehead atoms. The van der Waals surface area contributed by atoms with Gasteiger partial charge in [0.1, 0.15) is 0 Å². The van der Waals surface area contributed by atoms with Crippen molar-refractivity contribution in [1.82, 2.24) is 4.57 Å². The van der Waals surface area contributed by atoms with Gasteiger partial charge in [-0.3, -0.25) is 0 Å². The minimum atomic E-state index is -0.716. The Kier molecular flexibility index (Phi) is 5.30. The van der Waals surface area contributed by atoms with Crippen LogP contribution in [-0.2, 0) is 0 Å². The molecule has 0 aliphatic rings. The average molecular weight is 189 g/mol. The SMILES string of the molecule is CC[Si](CC)(CC)[SiH2]N(C)C. The number of hydrogen-bond acceptors (Lipinski definition) is 1. The highest BCUT2D eigenvalue weighted by Gasteiger charge is 2.27. The van der Waals surface area contributed by atoms with Crippen LogP contribution in [0.2, 0.25) is 18.1 Å². The van der Waals surface area contributed by atoms with E-state index in [0.717, 1.165) is 0 Å². The van der Waals surface area contributed by atoms with Crippen molar-refractivity contribution in [2.75, 3.05) is 14.1 Å². The Morgan fingerprint density at radius 1 is 1.00 bits per heavy atom. The van der Waals surface area contributed by atoms with Crippen LogP contribution in [0.1, 0.15) is 20.8 Å². The van der Waals surface area contributed by atoms with Crippen molar-refractivity contribution in [3.05, 3.63) is 0 Å². The van der Waals surface area contributed by atoms with Crippen LogP contribution < -0.4 is 0 Å². The van der Waals surface area contributed by atoms with Crippen molar-refractivity contribution in [1.29, 1.82) is 0 Å². The predicted octanol–water partition coefficient (Wildman–Crippen LogP) is 1.64. The summed E-state index contributed by atoms with van der Waals surface area (Å²) in [7, 11) is 3.93. The zero-order valence-corrected chi connectivity index (χ0v) is 11.2. The first-order valence-corrected chi connectivity index (χ1v) is 10.3. The van der Waals surface area contributed by atoms with Crippen LogP contribution in [0, 0.1) is 0 Å². The first kappa shape index (κ1) is 11.4. The third kappa shape index (κ3) is 3.53. The van der Waals surface area contributed by atoms with Crippen molar-refractivity contribution in [3.8, 4) is 0 Å². The predicted molar refractivity (Wildman–Crippen MR) is 59.4 cm³/mol. The summed E-state index contributed by atoms with van der Waals surface area (Å²) in [5.41, 5.74) is 0. The van der Waals surface area contributed by atoms with Crippen LogP contribution in [0.5, 0.6) is 0 Å². The van der Waals surface area contributed by atoms with Gasteiger partial charge in [-0.15, -0.1) is 0 Å². The second kappa shape index (κ2) is 5.11. The topological polar surface area (TPSA) is 3.24 Å². The van der Waals surface area contributed by atoms with E-state index in [1.54, 1.807) is 0 Å².